The van der Waals surface area contributed by atoms with E-state index in [2.05, 4.69) is 5.32 Å². The molecule has 3 aromatic carbocycles. The highest BCUT2D eigenvalue weighted by Crippen LogP contribution is 2.42. The molecule has 1 atom stereocenters. The van der Waals surface area contributed by atoms with E-state index >= 15 is 0 Å². The Hall–Kier alpha value is -2.81. The van der Waals surface area contributed by atoms with Gasteiger partial charge in [-0.3, -0.25) is 13.9 Å². The van der Waals surface area contributed by atoms with Crippen molar-refractivity contribution >= 4 is 61.5 Å². The van der Waals surface area contributed by atoms with E-state index in [1.807, 2.05) is 32.0 Å². The second kappa shape index (κ2) is 12.6. The number of rotatable bonds is 12. The van der Waals surface area contributed by atoms with E-state index in [-0.39, 0.29) is 42.6 Å². The third-order valence-corrected chi connectivity index (χ3v) is 9.60. The molecule has 39 heavy (non-hydrogen) atoms. The smallest absolute Gasteiger partial charge is 0.265 e. The lowest BCUT2D eigenvalue weighted by atomic mass is 10.1. The lowest BCUT2D eigenvalue weighted by Crippen LogP contribution is -2.49. The number of benzene rings is 3. The Kier molecular flexibility index (Phi) is 9.41. The van der Waals surface area contributed by atoms with Crippen LogP contribution in [0, 0.1) is 0 Å². The molecule has 0 saturated heterocycles. The van der Waals surface area contributed by atoms with Crippen LogP contribution >= 0.6 is 23.2 Å². The summed E-state index contributed by atoms with van der Waals surface area (Å²) in [5.74, 6) is -0.498. The third kappa shape index (κ3) is 6.03. The van der Waals surface area contributed by atoms with Crippen LogP contribution in [0.1, 0.15) is 51.5 Å². The molecule has 2 amide bonds. The predicted molar refractivity (Wildman–Crippen MR) is 157 cm³/mol. The number of hydrogen-bond donors (Lipinski definition) is 1. The Morgan fingerprint density at radius 3 is 2.31 bits per heavy atom. The van der Waals surface area contributed by atoms with Crippen molar-refractivity contribution in [2.45, 2.75) is 63.4 Å². The summed E-state index contributed by atoms with van der Waals surface area (Å²) in [5.41, 5.74) is 1.19. The van der Waals surface area contributed by atoms with E-state index in [9.17, 15) is 18.0 Å². The van der Waals surface area contributed by atoms with Crippen molar-refractivity contribution in [3.63, 3.8) is 0 Å². The SMILES string of the molecule is CCCCNC(=O)[C@@H](CC)N(Cc1c(Cl)cccc1Cl)C(=O)CCCN1c2cccc3cccc(c23)S1(=O)=O. The summed E-state index contributed by atoms with van der Waals surface area (Å²) in [6.07, 6.45) is 2.52. The van der Waals surface area contributed by atoms with Gasteiger partial charge in [0.2, 0.25) is 11.8 Å². The van der Waals surface area contributed by atoms with Crippen molar-refractivity contribution in [3.05, 3.63) is 70.2 Å². The maximum Gasteiger partial charge on any atom is 0.265 e. The van der Waals surface area contributed by atoms with Crippen LogP contribution in [0.25, 0.3) is 10.8 Å². The summed E-state index contributed by atoms with van der Waals surface area (Å²) in [4.78, 5) is 28.5. The van der Waals surface area contributed by atoms with Gasteiger partial charge in [-0.15, -0.1) is 0 Å². The molecule has 1 heterocycles. The molecule has 4 rings (SSSR count). The molecule has 1 aliphatic rings. The highest BCUT2D eigenvalue weighted by Gasteiger charge is 2.35. The summed E-state index contributed by atoms with van der Waals surface area (Å²) < 4.78 is 28.0. The van der Waals surface area contributed by atoms with Crippen molar-refractivity contribution in [2.24, 2.45) is 0 Å². The Morgan fingerprint density at radius 2 is 1.64 bits per heavy atom. The van der Waals surface area contributed by atoms with E-state index in [1.54, 1.807) is 36.4 Å². The van der Waals surface area contributed by atoms with Gasteiger partial charge < -0.3 is 10.2 Å². The first-order valence-corrected chi connectivity index (χ1v) is 15.4. The minimum absolute atomic E-state index is 0.0547. The second-order valence-electron chi connectivity index (χ2n) is 9.60. The van der Waals surface area contributed by atoms with Crippen LogP contribution in [0.15, 0.2) is 59.5 Å². The first-order valence-electron chi connectivity index (χ1n) is 13.2. The van der Waals surface area contributed by atoms with Gasteiger partial charge in [-0.05, 0) is 48.9 Å². The minimum Gasteiger partial charge on any atom is -0.354 e. The lowest BCUT2D eigenvalue weighted by molar-refractivity contribution is -0.141. The van der Waals surface area contributed by atoms with Crippen LogP contribution in [-0.4, -0.2) is 44.3 Å². The average Bonchev–Trinajstić information content (AvgIpc) is 3.13. The Morgan fingerprint density at radius 1 is 0.974 bits per heavy atom. The number of carbonyl (C=O) groups is 2. The number of unbranched alkanes of at least 4 members (excludes halogenated alkanes) is 1. The van der Waals surface area contributed by atoms with Gasteiger partial charge in [-0.1, -0.05) is 73.8 Å². The molecule has 0 bridgehead atoms. The molecule has 0 saturated carbocycles. The van der Waals surface area contributed by atoms with Crippen LogP contribution in [0.3, 0.4) is 0 Å². The molecule has 1 N–H and O–H groups in total. The maximum absolute atomic E-state index is 13.6. The largest absolute Gasteiger partial charge is 0.354 e. The highest BCUT2D eigenvalue weighted by molar-refractivity contribution is 7.93. The van der Waals surface area contributed by atoms with Crippen molar-refractivity contribution in [1.82, 2.24) is 10.2 Å². The first kappa shape index (κ1) is 29.2. The molecule has 0 aromatic heterocycles. The van der Waals surface area contributed by atoms with E-state index < -0.39 is 16.1 Å². The fourth-order valence-corrected chi connectivity index (χ4v) is 7.26. The molecular weight excluding hydrogens is 557 g/mol. The van der Waals surface area contributed by atoms with Gasteiger partial charge in [0.1, 0.15) is 6.04 Å². The number of carbonyl (C=O) groups excluding carboxylic acids is 2. The van der Waals surface area contributed by atoms with E-state index in [0.717, 1.165) is 18.2 Å². The van der Waals surface area contributed by atoms with Gasteiger partial charge in [-0.25, -0.2) is 8.42 Å². The van der Waals surface area contributed by atoms with Crippen molar-refractivity contribution in [1.29, 1.82) is 0 Å². The molecule has 1 aliphatic heterocycles. The number of halogens is 2. The van der Waals surface area contributed by atoms with Gasteiger partial charge >= 0.3 is 0 Å². The van der Waals surface area contributed by atoms with Crippen molar-refractivity contribution in [3.8, 4) is 0 Å². The molecule has 10 heteroatoms. The standard InChI is InChI=1S/C29H33Cl2N3O4S/c1-3-5-17-32-29(36)24(4-2)33(19-21-22(30)12-8-13-23(21)31)27(35)16-9-18-34-25-14-6-10-20-11-7-15-26(28(20)25)39(34,37)38/h6-8,10-15,24H,3-5,9,16-19H2,1-2H3,(H,32,36)/t24-/m1/s1. The third-order valence-electron chi connectivity index (χ3n) is 7.04. The molecule has 7 nitrogen and oxygen atoms in total. The molecular formula is C29H33Cl2N3O4S. The molecule has 208 valence electrons. The maximum atomic E-state index is 13.6. The Bertz CT molecular complexity index is 1450. The van der Waals surface area contributed by atoms with Crippen LogP contribution < -0.4 is 9.62 Å². The zero-order valence-corrected chi connectivity index (χ0v) is 24.5. The van der Waals surface area contributed by atoms with Gasteiger partial charge in [0.05, 0.1) is 10.6 Å². The fourth-order valence-electron chi connectivity index (χ4n) is 5.00. The molecule has 0 radical (unpaired) electrons. The highest BCUT2D eigenvalue weighted by atomic mass is 35.5. The van der Waals surface area contributed by atoms with Crippen LogP contribution in [-0.2, 0) is 26.2 Å². The minimum atomic E-state index is -3.71. The zero-order chi connectivity index (χ0) is 28.2. The monoisotopic (exact) mass is 589 g/mol. The van der Waals surface area contributed by atoms with Crippen molar-refractivity contribution < 1.29 is 18.0 Å². The summed E-state index contributed by atoms with van der Waals surface area (Å²) in [7, 11) is -3.71. The fraction of sp³-hybridized carbons (Fsp3) is 0.379. The van der Waals surface area contributed by atoms with Gasteiger partial charge in [0, 0.05) is 47.1 Å². The number of hydrogen-bond acceptors (Lipinski definition) is 4. The van der Waals surface area contributed by atoms with E-state index in [1.165, 1.54) is 9.21 Å². The normalized spacial score (nSPS) is 14.4. The zero-order valence-electron chi connectivity index (χ0n) is 22.1. The topological polar surface area (TPSA) is 86.8 Å². The van der Waals surface area contributed by atoms with Gasteiger partial charge in [0.15, 0.2) is 0 Å². The molecule has 0 aliphatic carbocycles. The van der Waals surface area contributed by atoms with E-state index in [4.69, 9.17) is 23.2 Å². The molecule has 3 aromatic rings. The first-order chi connectivity index (χ1) is 18.7. The second-order valence-corrected chi connectivity index (χ2v) is 12.2. The summed E-state index contributed by atoms with van der Waals surface area (Å²) >= 11 is 12.8. The van der Waals surface area contributed by atoms with Crippen LogP contribution in [0.2, 0.25) is 10.0 Å². The number of sulfonamides is 1. The van der Waals surface area contributed by atoms with Crippen LogP contribution in [0.5, 0.6) is 0 Å². The number of nitrogens with one attached hydrogen (secondary N) is 1. The lowest BCUT2D eigenvalue weighted by Gasteiger charge is -2.31. The van der Waals surface area contributed by atoms with Crippen molar-refractivity contribution in [2.75, 3.05) is 17.4 Å². The number of nitrogens with zero attached hydrogens (tertiary/aromatic N) is 2. The summed E-state index contributed by atoms with van der Waals surface area (Å²) in [6.45, 7) is 4.64. The van der Waals surface area contributed by atoms with Gasteiger partial charge in [0.25, 0.3) is 10.0 Å². The van der Waals surface area contributed by atoms with Gasteiger partial charge in [-0.2, -0.15) is 0 Å². The molecule has 0 spiro atoms. The molecule has 0 fully saturated rings. The summed E-state index contributed by atoms with van der Waals surface area (Å²) in [6, 6.07) is 15.2. The van der Waals surface area contributed by atoms with Crippen LogP contribution in [0.4, 0.5) is 5.69 Å². The van der Waals surface area contributed by atoms with E-state index in [0.29, 0.717) is 39.6 Å². The number of anilines is 1. The number of amides is 2. The molecule has 0 unspecified atom stereocenters. The predicted octanol–water partition coefficient (Wildman–Crippen LogP) is 6.16. The Balaban J connectivity index is 1.53. The average molecular weight is 591 g/mol. The Labute approximate surface area is 240 Å². The quantitative estimate of drug-likeness (QED) is 0.256. The summed E-state index contributed by atoms with van der Waals surface area (Å²) in [5, 5.41) is 5.32.